The van der Waals surface area contributed by atoms with Gasteiger partial charge in [0.05, 0.1) is 34.0 Å². The van der Waals surface area contributed by atoms with Gasteiger partial charge in [0.25, 0.3) is 5.56 Å². The Morgan fingerprint density at radius 2 is 1.41 bits per heavy atom. The van der Waals surface area contributed by atoms with Crippen LogP contribution in [0.25, 0.3) is 0 Å². The highest BCUT2D eigenvalue weighted by atomic mass is 16.6. The van der Waals surface area contributed by atoms with Gasteiger partial charge in [-0.2, -0.15) is 0 Å². The van der Waals surface area contributed by atoms with E-state index in [4.69, 9.17) is 28.4 Å². The third-order valence-electron chi connectivity index (χ3n) is 7.67. The zero-order chi connectivity index (χ0) is 31.1. The summed E-state index contributed by atoms with van der Waals surface area (Å²) in [5.41, 5.74) is 0.0678. The molecular weight excluding hydrogens is 568 g/mol. The maximum atomic E-state index is 12.7. The number of aromatic amines is 1. The number of aromatic nitrogens is 2. The molecule has 0 spiro atoms. The summed E-state index contributed by atoms with van der Waals surface area (Å²) in [7, 11) is 4.74. The molecule has 1 aliphatic heterocycles. The van der Waals surface area contributed by atoms with Crippen LogP contribution in [0.2, 0.25) is 0 Å². The van der Waals surface area contributed by atoms with Gasteiger partial charge in [0.15, 0.2) is 6.23 Å². The molecule has 232 valence electrons. The second-order valence-electron chi connectivity index (χ2n) is 10.2. The molecule has 0 amide bonds. The van der Waals surface area contributed by atoms with E-state index in [2.05, 4.69) is 4.98 Å². The topological polar surface area (TPSA) is 130 Å². The van der Waals surface area contributed by atoms with Gasteiger partial charge in [0.1, 0.15) is 35.4 Å². The van der Waals surface area contributed by atoms with Crippen molar-refractivity contribution in [3.05, 3.63) is 129 Å². The Kier molecular flexibility index (Phi) is 9.93. The van der Waals surface area contributed by atoms with Gasteiger partial charge >= 0.3 is 5.69 Å². The zero-order valence-corrected chi connectivity index (χ0v) is 24.8. The van der Waals surface area contributed by atoms with Gasteiger partial charge in [-0.1, -0.05) is 54.6 Å². The molecule has 2 N–H and O–H groups in total. The van der Waals surface area contributed by atoms with E-state index < -0.39 is 41.4 Å². The fraction of sp³-hybridized carbons (Fsp3) is 0.333. The van der Waals surface area contributed by atoms with Crippen LogP contribution in [0.5, 0.6) is 11.5 Å². The molecule has 1 aromatic heterocycles. The van der Waals surface area contributed by atoms with Crippen molar-refractivity contribution in [3.63, 3.8) is 0 Å². The van der Waals surface area contributed by atoms with Gasteiger partial charge in [-0.3, -0.25) is 14.3 Å². The van der Waals surface area contributed by atoms with Crippen molar-refractivity contribution in [2.24, 2.45) is 0 Å². The van der Waals surface area contributed by atoms with Crippen molar-refractivity contribution >= 4 is 0 Å². The van der Waals surface area contributed by atoms with Crippen molar-refractivity contribution in [3.8, 4) is 11.5 Å². The van der Waals surface area contributed by atoms with Crippen LogP contribution in [0.3, 0.4) is 0 Å². The number of hydrogen-bond acceptors (Lipinski definition) is 9. The lowest BCUT2D eigenvalue weighted by molar-refractivity contribution is -0.0994. The minimum atomic E-state index is -1.18. The molecule has 0 radical (unpaired) electrons. The van der Waals surface area contributed by atoms with Crippen LogP contribution in [-0.4, -0.2) is 74.1 Å². The highest BCUT2D eigenvalue weighted by Crippen LogP contribution is 2.43. The molecule has 4 aromatic rings. The van der Waals surface area contributed by atoms with E-state index in [1.807, 2.05) is 78.9 Å². The van der Waals surface area contributed by atoms with Crippen LogP contribution in [0.15, 0.2) is 101 Å². The SMILES string of the molecule is COCCO[C@H]1C(O)C(COC(c2ccccc2)(c2ccc(OC)cc2)c2ccc(OC)cc2)OC1n1ccc(=O)[nH]c1=O. The molecule has 3 aromatic carbocycles. The van der Waals surface area contributed by atoms with Crippen molar-refractivity contribution in [2.75, 3.05) is 41.2 Å². The summed E-state index contributed by atoms with van der Waals surface area (Å²) in [4.78, 5) is 26.7. The number of benzene rings is 3. The normalized spacial score (nSPS) is 20.0. The Hall–Kier alpha value is -4.26. The number of H-pyrrole nitrogens is 1. The Labute approximate surface area is 254 Å². The fourth-order valence-electron chi connectivity index (χ4n) is 5.44. The van der Waals surface area contributed by atoms with E-state index in [1.165, 1.54) is 23.9 Å². The summed E-state index contributed by atoms with van der Waals surface area (Å²) in [5, 5.41) is 11.5. The minimum absolute atomic E-state index is 0.0904. The standard InChI is InChI=1S/C33H36N2O9/c1-39-19-20-42-30-29(37)27(44-31(30)35-18-17-28(36)34-32(35)38)21-43-33(22-7-5-4-6-8-22,23-9-13-25(40-2)14-10-23)24-11-15-26(41-3)16-12-24/h4-18,27,29-31,37H,19-21H2,1-3H3,(H,34,36,38)/t27?,29?,30-,31?/m0/s1. The molecular formula is C33H36N2O9. The molecule has 0 saturated carbocycles. The number of ether oxygens (including phenoxy) is 6. The largest absolute Gasteiger partial charge is 0.497 e. The summed E-state index contributed by atoms with van der Waals surface area (Å²) in [6.07, 6.45) is -2.76. The molecule has 11 heteroatoms. The lowest BCUT2D eigenvalue weighted by atomic mass is 9.80. The molecule has 1 aliphatic rings. The van der Waals surface area contributed by atoms with E-state index in [0.717, 1.165) is 16.7 Å². The van der Waals surface area contributed by atoms with Gasteiger partial charge in [0.2, 0.25) is 0 Å². The summed E-state index contributed by atoms with van der Waals surface area (Å²) in [6, 6.07) is 26.1. The molecule has 4 atom stereocenters. The van der Waals surface area contributed by atoms with Gasteiger partial charge < -0.3 is 33.5 Å². The highest BCUT2D eigenvalue weighted by Gasteiger charge is 2.48. The van der Waals surface area contributed by atoms with Gasteiger partial charge in [-0.25, -0.2) is 4.79 Å². The van der Waals surface area contributed by atoms with Gasteiger partial charge in [-0.15, -0.1) is 0 Å². The van der Waals surface area contributed by atoms with Crippen LogP contribution >= 0.6 is 0 Å². The Morgan fingerprint density at radius 3 is 1.95 bits per heavy atom. The minimum Gasteiger partial charge on any atom is -0.497 e. The summed E-state index contributed by atoms with van der Waals surface area (Å²) in [6.45, 7) is 0.325. The Bertz CT molecular complexity index is 1560. The maximum Gasteiger partial charge on any atom is 0.330 e. The molecule has 0 aliphatic carbocycles. The second kappa shape index (κ2) is 14.0. The van der Waals surface area contributed by atoms with Crippen LogP contribution in [0.1, 0.15) is 22.9 Å². The number of hydrogen-bond donors (Lipinski definition) is 2. The monoisotopic (exact) mass is 604 g/mol. The van der Waals surface area contributed by atoms with Gasteiger partial charge in [0, 0.05) is 19.4 Å². The van der Waals surface area contributed by atoms with E-state index >= 15 is 0 Å². The Morgan fingerprint density at radius 1 is 0.818 bits per heavy atom. The predicted molar refractivity (Wildman–Crippen MR) is 161 cm³/mol. The first-order chi connectivity index (χ1) is 21.4. The van der Waals surface area contributed by atoms with Crippen LogP contribution in [-0.2, 0) is 24.5 Å². The third kappa shape index (κ3) is 6.33. The zero-order valence-electron chi connectivity index (χ0n) is 24.8. The average Bonchev–Trinajstić information content (AvgIpc) is 3.36. The summed E-state index contributed by atoms with van der Waals surface area (Å²) >= 11 is 0. The van der Waals surface area contributed by atoms with E-state index in [0.29, 0.717) is 11.5 Å². The average molecular weight is 605 g/mol. The molecule has 3 unspecified atom stereocenters. The third-order valence-corrected chi connectivity index (χ3v) is 7.67. The number of nitrogens with one attached hydrogen (secondary N) is 1. The van der Waals surface area contributed by atoms with Crippen molar-refractivity contribution in [2.45, 2.75) is 30.1 Å². The Balaban J connectivity index is 1.55. The first-order valence-electron chi connectivity index (χ1n) is 14.2. The van der Waals surface area contributed by atoms with Crippen molar-refractivity contribution < 1.29 is 33.5 Å². The number of rotatable bonds is 13. The van der Waals surface area contributed by atoms with E-state index in [9.17, 15) is 14.7 Å². The number of aliphatic hydroxyl groups is 1. The lowest BCUT2D eigenvalue weighted by Gasteiger charge is -2.37. The summed E-state index contributed by atoms with van der Waals surface area (Å²) < 4.78 is 36.2. The molecule has 11 nitrogen and oxygen atoms in total. The number of methoxy groups -OCH3 is 3. The fourth-order valence-corrected chi connectivity index (χ4v) is 5.44. The summed E-state index contributed by atoms with van der Waals surface area (Å²) in [5.74, 6) is 1.37. The molecule has 0 bridgehead atoms. The van der Waals surface area contributed by atoms with E-state index in [1.54, 1.807) is 14.2 Å². The smallest absolute Gasteiger partial charge is 0.330 e. The van der Waals surface area contributed by atoms with Gasteiger partial charge in [-0.05, 0) is 41.0 Å². The van der Waals surface area contributed by atoms with Crippen molar-refractivity contribution in [1.29, 1.82) is 0 Å². The van der Waals surface area contributed by atoms with Crippen LogP contribution < -0.4 is 20.7 Å². The molecule has 1 fully saturated rings. The molecule has 44 heavy (non-hydrogen) atoms. The highest BCUT2D eigenvalue weighted by molar-refractivity contribution is 5.49. The quantitative estimate of drug-likeness (QED) is 0.175. The molecule has 2 heterocycles. The number of aliphatic hydroxyl groups excluding tert-OH is 1. The maximum absolute atomic E-state index is 12.7. The number of nitrogens with zero attached hydrogens (tertiary/aromatic N) is 1. The van der Waals surface area contributed by atoms with Crippen LogP contribution in [0, 0.1) is 0 Å². The predicted octanol–water partition coefficient (Wildman–Crippen LogP) is 2.85. The lowest BCUT2D eigenvalue weighted by Crippen LogP contribution is -2.41. The van der Waals surface area contributed by atoms with Crippen LogP contribution in [0.4, 0.5) is 0 Å². The van der Waals surface area contributed by atoms with E-state index in [-0.39, 0.29) is 19.8 Å². The first kappa shape index (κ1) is 31.2. The van der Waals surface area contributed by atoms with Crippen molar-refractivity contribution in [1.82, 2.24) is 9.55 Å². The first-order valence-corrected chi connectivity index (χ1v) is 14.2. The molecule has 1 saturated heterocycles. The molecule has 5 rings (SSSR count). The second-order valence-corrected chi connectivity index (χ2v) is 10.2.